The molecule has 1 N–H and O–H groups in total. The molecule has 8 nitrogen and oxygen atoms in total. The first-order valence-corrected chi connectivity index (χ1v) is 15.7. The van der Waals surface area contributed by atoms with Crippen molar-refractivity contribution in [1.82, 2.24) is 0 Å². The molecule has 0 aromatic heterocycles. The van der Waals surface area contributed by atoms with Gasteiger partial charge in [0.05, 0.1) is 17.2 Å². The zero-order valence-electron chi connectivity index (χ0n) is 22.0. The van der Waals surface area contributed by atoms with Crippen LogP contribution in [0.3, 0.4) is 0 Å². The molecule has 3 aromatic rings. The smallest absolute Gasteiger partial charge is 0.284 e. The number of hydrogen-bond donors (Lipinski definition) is 1. The SMILES string of the molecule is CCCCCCOc1ccc(NC(=O)CC2S/C(=N/S(=O)(=O)c3ccc(Cl)cc3)N(c3ccccc3)C2=O)cc1. The Hall–Kier alpha value is -3.34. The van der Waals surface area contributed by atoms with Crippen molar-refractivity contribution in [1.29, 1.82) is 0 Å². The second kappa shape index (κ2) is 13.8. The zero-order valence-corrected chi connectivity index (χ0v) is 24.3. The largest absolute Gasteiger partial charge is 0.494 e. The number of amidine groups is 1. The van der Waals surface area contributed by atoms with Crippen LogP contribution in [0.1, 0.15) is 39.0 Å². The third kappa shape index (κ3) is 7.87. The second-order valence-corrected chi connectivity index (χ2v) is 12.3. The number of anilines is 2. The van der Waals surface area contributed by atoms with Gasteiger partial charge >= 0.3 is 0 Å². The Balaban J connectivity index is 1.45. The summed E-state index contributed by atoms with van der Waals surface area (Å²) in [4.78, 5) is 27.4. The number of benzene rings is 3. The molecule has 1 atom stereocenters. The first-order valence-electron chi connectivity index (χ1n) is 13.0. The minimum absolute atomic E-state index is 0.0237. The quantitative estimate of drug-likeness (QED) is 0.238. The number of rotatable bonds is 12. The summed E-state index contributed by atoms with van der Waals surface area (Å²) in [6, 6.07) is 21.3. The topological polar surface area (TPSA) is 105 Å². The van der Waals surface area contributed by atoms with E-state index in [4.69, 9.17) is 16.3 Å². The van der Waals surface area contributed by atoms with Crippen LogP contribution in [0.5, 0.6) is 5.75 Å². The van der Waals surface area contributed by atoms with E-state index in [9.17, 15) is 18.0 Å². The number of thioether (sulfide) groups is 1. The third-order valence-corrected chi connectivity index (χ3v) is 8.82. The molecule has 1 heterocycles. The number of hydrogen-bond acceptors (Lipinski definition) is 6. The first-order chi connectivity index (χ1) is 19.3. The molecular formula is C29H30ClN3O5S2. The van der Waals surface area contributed by atoms with Gasteiger partial charge in [-0.2, -0.15) is 8.42 Å². The Kier molecular flexibility index (Phi) is 10.2. The van der Waals surface area contributed by atoms with Crippen LogP contribution in [0.15, 0.2) is 88.2 Å². The van der Waals surface area contributed by atoms with Crippen LogP contribution < -0.4 is 15.0 Å². The minimum Gasteiger partial charge on any atom is -0.494 e. The van der Waals surface area contributed by atoms with E-state index in [1.807, 2.05) is 0 Å². The van der Waals surface area contributed by atoms with Gasteiger partial charge < -0.3 is 10.1 Å². The molecule has 0 spiro atoms. The molecule has 210 valence electrons. The van der Waals surface area contributed by atoms with E-state index in [0.29, 0.717) is 23.0 Å². The Morgan fingerprint density at radius 3 is 2.38 bits per heavy atom. The number of nitrogens with zero attached hydrogens (tertiary/aromatic N) is 2. The lowest BCUT2D eigenvalue weighted by Crippen LogP contribution is -2.33. The Morgan fingerprint density at radius 1 is 1.00 bits per heavy atom. The fraction of sp³-hybridized carbons (Fsp3) is 0.276. The number of unbranched alkanes of at least 4 members (excludes halogenated alkanes) is 3. The van der Waals surface area contributed by atoms with Crippen LogP contribution in [0, 0.1) is 0 Å². The highest BCUT2D eigenvalue weighted by Gasteiger charge is 2.41. The third-order valence-electron chi connectivity index (χ3n) is 6.03. The molecule has 0 bridgehead atoms. The molecule has 1 aliphatic rings. The lowest BCUT2D eigenvalue weighted by molar-refractivity contribution is -0.121. The Morgan fingerprint density at radius 2 is 1.70 bits per heavy atom. The first kappa shape index (κ1) is 29.6. The van der Waals surface area contributed by atoms with Crippen LogP contribution in [0.4, 0.5) is 11.4 Å². The van der Waals surface area contributed by atoms with Crippen molar-refractivity contribution in [3.8, 4) is 5.75 Å². The summed E-state index contributed by atoms with van der Waals surface area (Å²) in [5.41, 5.74) is 1.02. The van der Waals surface area contributed by atoms with Gasteiger partial charge in [0, 0.05) is 17.1 Å². The van der Waals surface area contributed by atoms with E-state index in [0.717, 1.165) is 30.4 Å². The highest BCUT2D eigenvalue weighted by Crippen LogP contribution is 2.35. The summed E-state index contributed by atoms with van der Waals surface area (Å²) in [7, 11) is -4.14. The number of sulfonamides is 1. The van der Waals surface area contributed by atoms with E-state index < -0.39 is 21.2 Å². The van der Waals surface area contributed by atoms with Gasteiger partial charge in [-0.05, 0) is 67.1 Å². The van der Waals surface area contributed by atoms with Crippen molar-refractivity contribution in [3.63, 3.8) is 0 Å². The number of nitrogens with one attached hydrogen (secondary N) is 1. The van der Waals surface area contributed by atoms with Crippen molar-refractivity contribution in [3.05, 3.63) is 83.9 Å². The van der Waals surface area contributed by atoms with Crippen LogP contribution in [-0.4, -0.2) is 37.3 Å². The maximum atomic E-state index is 13.4. The monoisotopic (exact) mass is 599 g/mol. The molecule has 3 aromatic carbocycles. The molecule has 0 saturated carbocycles. The molecule has 1 unspecified atom stereocenters. The van der Waals surface area contributed by atoms with E-state index in [2.05, 4.69) is 16.6 Å². The normalized spacial score (nSPS) is 16.4. The van der Waals surface area contributed by atoms with Gasteiger partial charge in [0.25, 0.3) is 10.0 Å². The van der Waals surface area contributed by atoms with E-state index in [1.165, 1.54) is 42.0 Å². The lowest BCUT2D eigenvalue weighted by Gasteiger charge is -2.16. The summed E-state index contributed by atoms with van der Waals surface area (Å²) in [6.45, 7) is 2.80. The zero-order chi connectivity index (χ0) is 28.5. The van der Waals surface area contributed by atoms with Crippen molar-refractivity contribution in [2.75, 3.05) is 16.8 Å². The summed E-state index contributed by atoms with van der Waals surface area (Å²) in [5.74, 6) is -0.0885. The van der Waals surface area contributed by atoms with Crippen LogP contribution in [0.2, 0.25) is 5.02 Å². The van der Waals surface area contributed by atoms with Gasteiger partial charge in [-0.15, -0.1) is 4.40 Å². The maximum absolute atomic E-state index is 13.4. The van der Waals surface area contributed by atoms with Gasteiger partial charge in [-0.25, -0.2) is 0 Å². The van der Waals surface area contributed by atoms with Gasteiger partial charge in [-0.1, -0.05) is 67.7 Å². The van der Waals surface area contributed by atoms with Gasteiger partial charge in [0.1, 0.15) is 11.0 Å². The van der Waals surface area contributed by atoms with E-state index in [-0.39, 0.29) is 22.4 Å². The maximum Gasteiger partial charge on any atom is 0.284 e. The standard InChI is InChI=1S/C29H30ClN3O5S2/c1-2-3-4-8-19-38-24-15-13-22(14-16-24)31-27(34)20-26-28(35)33(23-9-6-5-7-10-23)29(39-26)32-40(36,37)25-17-11-21(30)12-18-25/h5-7,9-18,26H,2-4,8,19-20H2,1H3,(H,31,34)/b32-29+. The molecule has 4 rings (SSSR count). The predicted molar refractivity (Wildman–Crippen MR) is 161 cm³/mol. The predicted octanol–water partition coefficient (Wildman–Crippen LogP) is 6.52. The second-order valence-electron chi connectivity index (χ2n) is 9.10. The summed E-state index contributed by atoms with van der Waals surface area (Å²) >= 11 is 6.83. The number of halogens is 1. The molecule has 1 aliphatic heterocycles. The van der Waals surface area contributed by atoms with Gasteiger partial charge in [0.2, 0.25) is 11.8 Å². The van der Waals surface area contributed by atoms with Crippen molar-refractivity contribution < 1.29 is 22.7 Å². The highest BCUT2D eigenvalue weighted by molar-refractivity contribution is 8.16. The number of carbonyl (C=O) groups excluding carboxylic acids is 2. The average molecular weight is 600 g/mol. The molecule has 1 saturated heterocycles. The molecular weight excluding hydrogens is 570 g/mol. The van der Waals surface area contributed by atoms with Crippen molar-refractivity contribution in [2.24, 2.45) is 4.40 Å². The molecule has 40 heavy (non-hydrogen) atoms. The minimum atomic E-state index is -4.14. The number of ether oxygens (including phenoxy) is 1. The highest BCUT2D eigenvalue weighted by atomic mass is 35.5. The van der Waals surface area contributed by atoms with Crippen molar-refractivity contribution in [2.45, 2.75) is 49.2 Å². The fourth-order valence-electron chi connectivity index (χ4n) is 3.97. The van der Waals surface area contributed by atoms with Crippen molar-refractivity contribution >= 4 is 61.7 Å². The molecule has 0 radical (unpaired) electrons. The molecule has 1 fully saturated rings. The summed E-state index contributed by atoms with van der Waals surface area (Å²) < 4.78 is 35.8. The summed E-state index contributed by atoms with van der Waals surface area (Å²) in [6.07, 6.45) is 4.31. The van der Waals surface area contributed by atoms with Gasteiger partial charge in [-0.3, -0.25) is 14.5 Å². The number of para-hydroxylation sites is 1. The van der Waals surface area contributed by atoms with E-state index in [1.54, 1.807) is 54.6 Å². The van der Waals surface area contributed by atoms with Gasteiger partial charge in [0.15, 0.2) is 5.17 Å². The molecule has 11 heteroatoms. The summed E-state index contributed by atoms with van der Waals surface area (Å²) in [5, 5.41) is 2.31. The fourth-order valence-corrected chi connectivity index (χ4v) is 6.43. The Labute approximate surface area is 243 Å². The van der Waals surface area contributed by atoms with E-state index >= 15 is 0 Å². The molecule has 0 aliphatic carbocycles. The van der Waals surface area contributed by atoms with Crippen LogP contribution >= 0.6 is 23.4 Å². The van der Waals surface area contributed by atoms with Crippen LogP contribution in [-0.2, 0) is 19.6 Å². The van der Waals surface area contributed by atoms with Crippen LogP contribution in [0.25, 0.3) is 0 Å². The average Bonchev–Trinajstić information content (AvgIpc) is 3.23. The number of carbonyl (C=O) groups is 2. The molecule has 2 amide bonds. The Bertz CT molecular complexity index is 1450. The lowest BCUT2D eigenvalue weighted by atomic mass is 10.2. The number of amides is 2.